The maximum atomic E-state index is 13.9. The van der Waals surface area contributed by atoms with Crippen molar-refractivity contribution >= 4 is 23.3 Å². The van der Waals surface area contributed by atoms with Crippen LogP contribution in [0.3, 0.4) is 0 Å². The molecule has 0 spiro atoms. The lowest BCUT2D eigenvalue weighted by Crippen LogP contribution is -2.50. The summed E-state index contributed by atoms with van der Waals surface area (Å²) in [5.41, 5.74) is -0.876. The summed E-state index contributed by atoms with van der Waals surface area (Å²) in [5, 5.41) is 5.92. The number of hydrogen-bond donors (Lipinski definition) is 1. The van der Waals surface area contributed by atoms with Crippen molar-refractivity contribution in [3.05, 3.63) is 40.8 Å². The molecule has 2 heterocycles. The molecule has 1 aliphatic heterocycles. The Bertz CT molecular complexity index is 946. The number of anilines is 2. The first-order valence-electron chi connectivity index (χ1n) is 8.36. The van der Waals surface area contributed by atoms with E-state index in [0.29, 0.717) is 18.1 Å². The quantitative estimate of drug-likeness (QED) is 0.486. The van der Waals surface area contributed by atoms with Crippen LogP contribution in [0, 0.1) is 36.0 Å². The van der Waals surface area contributed by atoms with Crippen molar-refractivity contribution in [1.29, 1.82) is 0 Å². The third-order valence-corrected chi connectivity index (χ3v) is 4.39. The van der Waals surface area contributed by atoms with Gasteiger partial charge in [0.15, 0.2) is 23.3 Å². The Balaban J connectivity index is 1.97. The number of carbonyl (C=O) groups is 2. The molecule has 28 heavy (non-hydrogen) atoms. The maximum Gasteiger partial charge on any atom is 0.247 e. The van der Waals surface area contributed by atoms with Crippen molar-refractivity contribution in [1.82, 2.24) is 9.78 Å². The van der Waals surface area contributed by atoms with E-state index in [4.69, 9.17) is 0 Å². The lowest BCUT2D eigenvalue weighted by Gasteiger charge is -2.33. The fraction of sp³-hybridized carbons (Fsp3) is 0.353. The Morgan fingerprint density at radius 2 is 1.71 bits per heavy atom. The molecule has 0 radical (unpaired) electrons. The molecule has 3 rings (SSSR count). The second kappa shape index (κ2) is 7.21. The number of fused-ring (bicyclic) bond motifs is 1. The summed E-state index contributed by atoms with van der Waals surface area (Å²) >= 11 is 0. The standard InChI is InChI=1S/C17H15F5N4O2/c1-3-8(26-9-6-7(2)24-25(9)5-4-10(26)27)17(28)23-16-14(21)12(19)11(18)13(20)15(16)22/h6,8H,3-5H2,1-2H3,(H,23,28). The van der Waals surface area contributed by atoms with Crippen LogP contribution in [0.1, 0.15) is 25.5 Å². The molecule has 0 fully saturated rings. The third kappa shape index (κ3) is 3.10. The number of halogens is 5. The van der Waals surface area contributed by atoms with Crippen LogP contribution in [-0.2, 0) is 16.1 Å². The first-order valence-corrected chi connectivity index (χ1v) is 8.36. The van der Waals surface area contributed by atoms with Gasteiger partial charge < -0.3 is 5.32 Å². The van der Waals surface area contributed by atoms with Gasteiger partial charge in [0.25, 0.3) is 0 Å². The van der Waals surface area contributed by atoms with Gasteiger partial charge in [-0.25, -0.2) is 26.6 Å². The number of benzene rings is 1. The van der Waals surface area contributed by atoms with E-state index in [-0.39, 0.29) is 12.8 Å². The number of nitrogens with zero attached hydrogens (tertiary/aromatic N) is 3. The van der Waals surface area contributed by atoms with E-state index in [9.17, 15) is 31.5 Å². The summed E-state index contributed by atoms with van der Waals surface area (Å²) in [7, 11) is 0. The molecule has 1 aromatic carbocycles. The highest BCUT2D eigenvalue weighted by Gasteiger charge is 2.36. The van der Waals surface area contributed by atoms with Crippen LogP contribution in [-0.4, -0.2) is 27.6 Å². The molecule has 1 aliphatic rings. The van der Waals surface area contributed by atoms with E-state index in [2.05, 4.69) is 5.10 Å². The Kier molecular flexibility index (Phi) is 5.09. The molecule has 0 saturated carbocycles. The Morgan fingerprint density at radius 3 is 2.29 bits per heavy atom. The van der Waals surface area contributed by atoms with Crippen molar-refractivity contribution in [2.45, 2.75) is 39.3 Å². The zero-order valence-electron chi connectivity index (χ0n) is 14.8. The average Bonchev–Trinajstić information content (AvgIpc) is 3.04. The second-order valence-electron chi connectivity index (χ2n) is 6.24. The minimum Gasteiger partial charge on any atom is -0.319 e. The maximum absolute atomic E-state index is 13.9. The fourth-order valence-corrected chi connectivity index (χ4v) is 3.08. The van der Waals surface area contributed by atoms with Gasteiger partial charge in [-0.2, -0.15) is 5.10 Å². The van der Waals surface area contributed by atoms with Crippen molar-refractivity contribution in [3.8, 4) is 0 Å². The molecule has 6 nitrogen and oxygen atoms in total. The fourth-order valence-electron chi connectivity index (χ4n) is 3.08. The van der Waals surface area contributed by atoms with Gasteiger partial charge in [-0.05, 0) is 13.3 Å². The Labute approximate surface area is 155 Å². The Hall–Kier alpha value is -2.98. The van der Waals surface area contributed by atoms with Crippen molar-refractivity contribution < 1.29 is 31.5 Å². The molecule has 1 atom stereocenters. The van der Waals surface area contributed by atoms with Gasteiger partial charge in [0.2, 0.25) is 17.6 Å². The number of aromatic nitrogens is 2. The van der Waals surface area contributed by atoms with Crippen LogP contribution in [0.25, 0.3) is 0 Å². The highest BCUT2D eigenvalue weighted by molar-refractivity contribution is 6.05. The first-order chi connectivity index (χ1) is 13.2. The van der Waals surface area contributed by atoms with Gasteiger partial charge in [0, 0.05) is 12.5 Å². The van der Waals surface area contributed by atoms with E-state index in [1.54, 1.807) is 18.3 Å². The van der Waals surface area contributed by atoms with Crippen LogP contribution < -0.4 is 10.2 Å². The lowest BCUT2D eigenvalue weighted by atomic mass is 10.1. The van der Waals surface area contributed by atoms with Crippen LogP contribution in [0.5, 0.6) is 0 Å². The zero-order valence-corrected chi connectivity index (χ0v) is 14.8. The van der Waals surface area contributed by atoms with Crippen molar-refractivity contribution in [2.24, 2.45) is 0 Å². The summed E-state index contributed by atoms with van der Waals surface area (Å²) in [6, 6.07) is 0.323. The van der Waals surface area contributed by atoms with E-state index < -0.39 is 52.6 Å². The molecule has 1 unspecified atom stereocenters. The molecule has 11 heteroatoms. The number of amides is 2. The molecular weight excluding hydrogens is 387 g/mol. The van der Waals surface area contributed by atoms with Crippen molar-refractivity contribution in [2.75, 3.05) is 10.2 Å². The summed E-state index contributed by atoms with van der Waals surface area (Å²) in [4.78, 5) is 26.1. The van der Waals surface area contributed by atoms with Gasteiger partial charge >= 0.3 is 0 Å². The molecule has 150 valence electrons. The molecular formula is C17H15F5N4O2. The van der Waals surface area contributed by atoms with E-state index in [1.165, 1.54) is 11.6 Å². The smallest absolute Gasteiger partial charge is 0.247 e. The van der Waals surface area contributed by atoms with Crippen molar-refractivity contribution in [3.63, 3.8) is 0 Å². The second-order valence-corrected chi connectivity index (χ2v) is 6.24. The minimum atomic E-state index is -2.33. The largest absolute Gasteiger partial charge is 0.319 e. The van der Waals surface area contributed by atoms with Gasteiger partial charge in [-0.1, -0.05) is 6.92 Å². The zero-order chi connectivity index (χ0) is 20.7. The highest BCUT2D eigenvalue weighted by Crippen LogP contribution is 2.29. The third-order valence-electron chi connectivity index (χ3n) is 4.39. The number of carbonyl (C=O) groups excluding carboxylic acids is 2. The summed E-state index contributed by atoms with van der Waals surface area (Å²) in [6.07, 6.45) is 0.0671. The van der Waals surface area contributed by atoms with Crippen LogP contribution >= 0.6 is 0 Å². The number of hydrogen-bond acceptors (Lipinski definition) is 3. The molecule has 2 aromatic rings. The summed E-state index contributed by atoms with van der Waals surface area (Å²) < 4.78 is 69.1. The van der Waals surface area contributed by atoms with Gasteiger partial charge in [-0.3, -0.25) is 14.5 Å². The SMILES string of the molecule is CCC(C(=O)Nc1c(F)c(F)c(F)c(F)c1F)N1C(=O)CCn2nc(C)cc21. The molecule has 1 N–H and O–H groups in total. The van der Waals surface area contributed by atoms with E-state index in [0.717, 1.165) is 4.90 Å². The van der Waals surface area contributed by atoms with Gasteiger partial charge in [0.1, 0.15) is 17.5 Å². The van der Waals surface area contributed by atoms with Gasteiger partial charge in [-0.15, -0.1) is 0 Å². The highest BCUT2D eigenvalue weighted by atomic mass is 19.2. The first kappa shape index (κ1) is 19.8. The molecule has 0 bridgehead atoms. The Morgan fingerprint density at radius 1 is 1.14 bits per heavy atom. The predicted octanol–water partition coefficient (Wildman–Crippen LogP) is 3.04. The van der Waals surface area contributed by atoms with E-state index >= 15 is 0 Å². The predicted molar refractivity (Wildman–Crippen MR) is 88.0 cm³/mol. The molecule has 2 amide bonds. The monoisotopic (exact) mass is 402 g/mol. The minimum absolute atomic E-state index is 0.0250. The van der Waals surface area contributed by atoms with Crippen LogP contribution in [0.4, 0.5) is 33.5 Å². The summed E-state index contributed by atoms with van der Waals surface area (Å²) in [5.74, 6) is -12.2. The number of nitrogens with one attached hydrogen (secondary N) is 1. The lowest BCUT2D eigenvalue weighted by molar-refractivity contribution is -0.124. The normalized spacial score (nSPS) is 14.8. The summed E-state index contributed by atoms with van der Waals surface area (Å²) in [6.45, 7) is 3.52. The van der Waals surface area contributed by atoms with Crippen LogP contribution in [0.2, 0.25) is 0 Å². The van der Waals surface area contributed by atoms with E-state index in [1.807, 2.05) is 0 Å². The molecule has 0 aliphatic carbocycles. The number of rotatable bonds is 4. The molecule has 1 aromatic heterocycles. The van der Waals surface area contributed by atoms with Crippen LogP contribution in [0.15, 0.2) is 6.07 Å². The molecule has 0 saturated heterocycles. The topological polar surface area (TPSA) is 67.2 Å². The van der Waals surface area contributed by atoms with Gasteiger partial charge in [0.05, 0.1) is 12.2 Å². The average molecular weight is 402 g/mol. The number of aryl methyl sites for hydroxylation is 2.